The number of hydrogen-bond acceptors (Lipinski definition) is 3. The molecule has 0 bridgehead atoms. The Morgan fingerprint density at radius 3 is 2.50 bits per heavy atom. The standard InChI is InChI=1S/C6H6F3NOS/c1-3-10-4(2-12-3)5(11)6(7,8)9/h2,5,11H,1H3/t5-/m0/s1. The van der Waals surface area contributed by atoms with Crippen molar-refractivity contribution in [1.29, 1.82) is 0 Å². The molecule has 1 aromatic rings. The van der Waals surface area contributed by atoms with Crippen molar-refractivity contribution in [2.75, 3.05) is 0 Å². The van der Waals surface area contributed by atoms with Crippen LogP contribution in [0.15, 0.2) is 5.38 Å². The third-order valence-corrected chi connectivity index (χ3v) is 2.02. The summed E-state index contributed by atoms with van der Waals surface area (Å²) in [5, 5.41) is 10.4. The number of halogens is 3. The quantitative estimate of drug-likeness (QED) is 0.747. The maximum absolute atomic E-state index is 11.9. The number of thiazole rings is 1. The topological polar surface area (TPSA) is 33.1 Å². The highest BCUT2D eigenvalue weighted by atomic mass is 32.1. The summed E-state index contributed by atoms with van der Waals surface area (Å²) >= 11 is 1.08. The van der Waals surface area contributed by atoms with Crippen LogP contribution >= 0.6 is 11.3 Å². The summed E-state index contributed by atoms with van der Waals surface area (Å²) < 4.78 is 35.6. The molecule has 0 amide bonds. The molecule has 1 N–H and O–H groups in total. The highest BCUT2D eigenvalue weighted by Gasteiger charge is 2.40. The van der Waals surface area contributed by atoms with E-state index in [1.807, 2.05) is 0 Å². The van der Waals surface area contributed by atoms with Gasteiger partial charge in [0.1, 0.15) is 0 Å². The summed E-state index contributed by atoms with van der Waals surface area (Å²) in [6.07, 6.45) is -7.08. The van der Waals surface area contributed by atoms with E-state index in [9.17, 15) is 13.2 Å². The second-order valence-electron chi connectivity index (χ2n) is 2.24. The van der Waals surface area contributed by atoms with Crippen molar-refractivity contribution in [3.63, 3.8) is 0 Å². The van der Waals surface area contributed by atoms with E-state index < -0.39 is 12.3 Å². The summed E-state index contributed by atoms with van der Waals surface area (Å²) in [6, 6.07) is 0. The fourth-order valence-electron chi connectivity index (χ4n) is 0.673. The average molecular weight is 197 g/mol. The smallest absolute Gasteiger partial charge is 0.378 e. The van der Waals surface area contributed by atoms with Crippen LogP contribution in [0.25, 0.3) is 0 Å². The van der Waals surface area contributed by atoms with E-state index in [1.165, 1.54) is 5.38 Å². The Bertz CT molecular complexity index is 270. The van der Waals surface area contributed by atoms with Crippen LogP contribution < -0.4 is 0 Å². The fourth-order valence-corrected chi connectivity index (χ4v) is 1.30. The Balaban J connectivity index is 2.85. The first-order valence-electron chi connectivity index (χ1n) is 3.08. The van der Waals surface area contributed by atoms with Gasteiger partial charge in [-0.15, -0.1) is 11.3 Å². The maximum Gasteiger partial charge on any atom is 0.420 e. The molecule has 1 atom stereocenters. The van der Waals surface area contributed by atoms with Gasteiger partial charge in [-0.3, -0.25) is 0 Å². The second kappa shape index (κ2) is 3.02. The second-order valence-corrected chi connectivity index (χ2v) is 3.30. The molecule has 0 aliphatic carbocycles. The van der Waals surface area contributed by atoms with Gasteiger partial charge in [0.25, 0.3) is 0 Å². The molecule has 68 valence electrons. The van der Waals surface area contributed by atoms with Crippen LogP contribution in [0.4, 0.5) is 13.2 Å². The number of rotatable bonds is 1. The molecule has 0 saturated carbocycles. The Morgan fingerprint density at radius 1 is 1.58 bits per heavy atom. The predicted molar refractivity (Wildman–Crippen MR) is 37.9 cm³/mol. The zero-order chi connectivity index (χ0) is 9.35. The van der Waals surface area contributed by atoms with Gasteiger partial charge in [-0.25, -0.2) is 4.98 Å². The van der Waals surface area contributed by atoms with E-state index in [4.69, 9.17) is 5.11 Å². The Kier molecular flexibility index (Phi) is 2.39. The first kappa shape index (κ1) is 9.47. The lowest BCUT2D eigenvalue weighted by Crippen LogP contribution is -2.20. The summed E-state index contributed by atoms with van der Waals surface area (Å²) in [5.41, 5.74) is -0.329. The van der Waals surface area contributed by atoms with Gasteiger partial charge in [-0.05, 0) is 6.92 Å². The van der Waals surface area contributed by atoms with Crippen molar-refractivity contribution >= 4 is 11.3 Å². The monoisotopic (exact) mass is 197 g/mol. The molecule has 0 fully saturated rings. The first-order chi connectivity index (χ1) is 5.41. The molecule has 0 aromatic carbocycles. The molecule has 1 rings (SSSR count). The Morgan fingerprint density at radius 2 is 2.17 bits per heavy atom. The molecule has 2 nitrogen and oxygen atoms in total. The molecule has 1 aromatic heterocycles. The molecule has 0 unspecified atom stereocenters. The average Bonchev–Trinajstić information content (AvgIpc) is 2.32. The molecular weight excluding hydrogens is 191 g/mol. The van der Waals surface area contributed by atoms with Crippen molar-refractivity contribution in [3.05, 3.63) is 16.1 Å². The van der Waals surface area contributed by atoms with E-state index in [0.29, 0.717) is 5.01 Å². The molecular formula is C6H6F3NOS. The van der Waals surface area contributed by atoms with Gasteiger partial charge in [0.05, 0.1) is 10.7 Å². The van der Waals surface area contributed by atoms with E-state index in [1.54, 1.807) is 6.92 Å². The van der Waals surface area contributed by atoms with Crippen LogP contribution in [0.2, 0.25) is 0 Å². The Hall–Kier alpha value is -0.620. The van der Waals surface area contributed by atoms with Crippen LogP contribution in [-0.2, 0) is 0 Å². The van der Waals surface area contributed by atoms with Gasteiger partial charge in [0, 0.05) is 5.38 Å². The van der Waals surface area contributed by atoms with Gasteiger partial charge in [-0.2, -0.15) is 13.2 Å². The first-order valence-corrected chi connectivity index (χ1v) is 3.96. The summed E-state index contributed by atoms with van der Waals surface area (Å²) in [4.78, 5) is 3.53. The minimum atomic E-state index is -4.62. The molecule has 12 heavy (non-hydrogen) atoms. The van der Waals surface area contributed by atoms with Crippen molar-refractivity contribution in [2.45, 2.75) is 19.2 Å². The lowest BCUT2D eigenvalue weighted by atomic mass is 10.3. The van der Waals surface area contributed by atoms with Crippen LogP contribution in [-0.4, -0.2) is 16.3 Å². The predicted octanol–water partition coefficient (Wildman–Crippen LogP) is 2.05. The zero-order valence-electron chi connectivity index (χ0n) is 6.09. The number of alkyl halides is 3. The summed E-state index contributed by atoms with van der Waals surface area (Å²) in [7, 11) is 0. The maximum atomic E-state index is 11.9. The molecule has 0 radical (unpaired) electrons. The van der Waals surface area contributed by atoms with E-state index >= 15 is 0 Å². The zero-order valence-corrected chi connectivity index (χ0v) is 6.91. The Labute approximate surface area is 70.7 Å². The molecule has 1 heterocycles. The van der Waals surface area contributed by atoms with Crippen molar-refractivity contribution in [2.24, 2.45) is 0 Å². The lowest BCUT2D eigenvalue weighted by Gasteiger charge is -2.11. The third kappa shape index (κ3) is 1.95. The normalized spacial score (nSPS) is 14.8. The number of aromatic nitrogens is 1. The van der Waals surface area contributed by atoms with E-state index in [0.717, 1.165) is 11.3 Å². The van der Waals surface area contributed by atoms with Gasteiger partial charge in [-0.1, -0.05) is 0 Å². The van der Waals surface area contributed by atoms with Crippen LogP contribution in [0.5, 0.6) is 0 Å². The number of aryl methyl sites for hydroxylation is 1. The highest BCUT2D eigenvalue weighted by molar-refractivity contribution is 7.09. The van der Waals surface area contributed by atoms with Gasteiger partial charge >= 0.3 is 6.18 Å². The van der Waals surface area contributed by atoms with Gasteiger partial charge < -0.3 is 5.11 Å². The van der Waals surface area contributed by atoms with Crippen LogP contribution in [0, 0.1) is 6.92 Å². The van der Waals surface area contributed by atoms with E-state index in [-0.39, 0.29) is 5.69 Å². The number of aliphatic hydroxyl groups is 1. The largest absolute Gasteiger partial charge is 0.420 e. The molecule has 0 spiro atoms. The van der Waals surface area contributed by atoms with Gasteiger partial charge in [0.15, 0.2) is 6.10 Å². The minimum Gasteiger partial charge on any atom is -0.378 e. The SMILES string of the molecule is Cc1nc([C@H](O)C(F)(F)F)cs1. The fraction of sp³-hybridized carbons (Fsp3) is 0.500. The molecule has 0 saturated heterocycles. The lowest BCUT2D eigenvalue weighted by molar-refractivity contribution is -0.207. The number of nitrogens with zero attached hydrogens (tertiary/aromatic N) is 1. The van der Waals surface area contributed by atoms with Crippen molar-refractivity contribution < 1.29 is 18.3 Å². The molecule has 0 aliphatic heterocycles. The van der Waals surface area contributed by atoms with Crippen LogP contribution in [0.1, 0.15) is 16.8 Å². The number of aliphatic hydroxyl groups excluding tert-OH is 1. The highest BCUT2D eigenvalue weighted by Crippen LogP contribution is 2.32. The minimum absolute atomic E-state index is 0.329. The van der Waals surface area contributed by atoms with Crippen molar-refractivity contribution in [1.82, 2.24) is 4.98 Å². The van der Waals surface area contributed by atoms with Crippen molar-refractivity contribution in [3.8, 4) is 0 Å². The van der Waals surface area contributed by atoms with E-state index in [2.05, 4.69) is 4.98 Å². The summed E-state index contributed by atoms with van der Waals surface area (Å²) in [6.45, 7) is 1.58. The summed E-state index contributed by atoms with van der Waals surface area (Å²) in [5.74, 6) is 0. The molecule has 6 heteroatoms. The van der Waals surface area contributed by atoms with Gasteiger partial charge in [0.2, 0.25) is 0 Å². The third-order valence-electron chi connectivity index (χ3n) is 1.23. The number of hydrogen-bond donors (Lipinski definition) is 1. The molecule has 0 aliphatic rings. The van der Waals surface area contributed by atoms with Crippen LogP contribution in [0.3, 0.4) is 0 Å².